The monoisotopic (exact) mass is 279 g/mol. The third-order valence-electron chi connectivity index (χ3n) is 2.97. The fraction of sp³-hybridized carbons (Fsp3) is 0.533. The van der Waals surface area contributed by atoms with E-state index in [1.165, 1.54) is 11.3 Å². The molecule has 0 amide bonds. The van der Waals surface area contributed by atoms with Gasteiger partial charge < -0.3 is 4.74 Å². The van der Waals surface area contributed by atoms with Crippen LogP contribution in [0.3, 0.4) is 0 Å². The van der Waals surface area contributed by atoms with Crippen molar-refractivity contribution in [1.82, 2.24) is 4.90 Å². The van der Waals surface area contributed by atoms with Crippen molar-refractivity contribution >= 4 is 17.7 Å². The molecule has 1 aliphatic heterocycles. The first-order chi connectivity index (χ1) is 9.15. The van der Waals surface area contributed by atoms with E-state index in [9.17, 15) is 4.79 Å². The number of benzene rings is 1. The zero-order valence-corrected chi connectivity index (χ0v) is 12.4. The van der Waals surface area contributed by atoms with E-state index in [0.717, 1.165) is 19.0 Å². The minimum atomic E-state index is -0.225. The summed E-state index contributed by atoms with van der Waals surface area (Å²) < 4.78 is 5.21. The summed E-state index contributed by atoms with van der Waals surface area (Å²) in [6, 6.07) is 7.77. The zero-order valence-electron chi connectivity index (χ0n) is 11.6. The predicted octanol–water partition coefficient (Wildman–Crippen LogP) is 3.01. The molecule has 104 valence electrons. The average Bonchev–Trinajstić information content (AvgIpc) is 2.89. The van der Waals surface area contributed by atoms with Crippen LogP contribution in [0.5, 0.6) is 0 Å². The Kier molecular flexibility index (Phi) is 5.28. The lowest BCUT2D eigenvalue weighted by molar-refractivity contribution is 0.0459. The second kappa shape index (κ2) is 6.96. The Labute approximate surface area is 119 Å². The fourth-order valence-corrected chi connectivity index (χ4v) is 2.90. The number of nitrogens with zero attached hydrogens (tertiary/aromatic N) is 1. The van der Waals surface area contributed by atoms with Crippen molar-refractivity contribution in [2.24, 2.45) is 5.92 Å². The van der Waals surface area contributed by atoms with Gasteiger partial charge in [0.1, 0.15) is 0 Å². The highest BCUT2D eigenvalue weighted by molar-refractivity contribution is 7.99. The molecule has 3 nitrogen and oxygen atoms in total. The van der Waals surface area contributed by atoms with Crippen LogP contribution in [-0.4, -0.2) is 35.7 Å². The highest BCUT2D eigenvalue weighted by Crippen LogP contribution is 2.17. The first kappa shape index (κ1) is 14.4. The maximum absolute atomic E-state index is 11.8. The van der Waals surface area contributed by atoms with Gasteiger partial charge >= 0.3 is 5.97 Å². The third-order valence-corrected chi connectivity index (χ3v) is 3.99. The van der Waals surface area contributed by atoms with Gasteiger partial charge in [-0.25, -0.2) is 4.79 Å². The van der Waals surface area contributed by atoms with Crippen molar-refractivity contribution in [3.63, 3.8) is 0 Å². The summed E-state index contributed by atoms with van der Waals surface area (Å²) in [5.41, 5.74) is 1.89. The Morgan fingerprint density at radius 3 is 2.68 bits per heavy atom. The van der Waals surface area contributed by atoms with Gasteiger partial charge in [-0.15, -0.1) is 11.8 Å². The minimum absolute atomic E-state index is 0.225. The minimum Gasteiger partial charge on any atom is -0.462 e. The molecule has 1 fully saturated rings. The SMILES string of the molecule is CC(C)COC(=O)c1ccc(CN2CCSC2)cc1. The molecule has 19 heavy (non-hydrogen) atoms. The number of thioether (sulfide) groups is 1. The number of carbonyl (C=O) groups excluding carboxylic acids is 1. The highest BCUT2D eigenvalue weighted by Gasteiger charge is 2.13. The quantitative estimate of drug-likeness (QED) is 0.775. The van der Waals surface area contributed by atoms with Crippen LogP contribution >= 0.6 is 11.8 Å². The molecule has 0 N–H and O–H groups in total. The lowest BCUT2D eigenvalue weighted by atomic mass is 10.1. The molecule has 1 aromatic rings. The van der Waals surface area contributed by atoms with Crippen molar-refractivity contribution < 1.29 is 9.53 Å². The summed E-state index contributed by atoms with van der Waals surface area (Å²) in [6.07, 6.45) is 0. The van der Waals surface area contributed by atoms with Crippen LogP contribution in [0.25, 0.3) is 0 Å². The molecule has 0 unspecified atom stereocenters. The molecule has 0 bridgehead atoms. The topological polar surface area (TPSA) is 29.5 Å². The van der Waals surface area contributed by atoms with Gasteiger partial charge in [-0.2, -0.15) is 0 Å². The van der Waals surface area contributed by atoms with E-state index in [1.807, 2.05) is 49.9 Å². The number of hydrogen-bond acceptors (Lipinski definition) is 4. The fourth-order valence-electron chi connectivity index (χ4n) is 1.91. The van der Waals surface area contributed by atoms with Crippen LogP contribution in [0.15, 0.2) is 24.3 Å². The van der Waals surface area contributed by atoms with Gasteiger partial charge in [-0.05, 0) is 23.6 Å². The molecule has 1 aromatic carbocycles. The van der Waals surface area contributed by atoms with Crippen LogP contribution < -0.4 is 0 Å². The van der Waals surface area contributed by atoms with E-state index in [1.54, 1.807) is 0 Å². The van der Waals surface area contributed by atoms with Crippen molar-refractivity contribution in [3.05, 3.63) is 35.4 Å². The first-order valence-electron chi connectivity index (χ1n) is 6.71. The van der Waals surface area contributed by atoms with Gasteiger partial charge in [0.15, 0.2) is 0 Å². The average molecular weight is 279 g/mol. The third kappa shape index (κ3) is 4.55. The summed E-state index contributed by atoms with van der Waals surface area (Å²) in [5, 5.41) is 0. The predicted molar refractivity (Wildman–Crippen MR) is 79.3 cm³/mol. The van der Waals surface area contributed by atoms with Gasteiger partial charge in [-0.3, -0.25) is 4.90 Å². The van der Waals surface area contributed by atoms with Crippen LogP contribution in [0.2, 0.25) is 0 Å². The Balaban J connectivity index is 1.88. The zero-order chi connectivity index (χ0) is 13.7. The number of ether oxygens (including phenoxy) is 1. The molecule has 0 spiro atoms. The lowest BCUT2D eigenvalue weighted by Gasteiger charge is -2.13. The number of rotatable bonds is 5. The number of esters is 1. The summed E-state index contributed by atoms with van der Waals surface area (Å²) >= 11 is 1.97. The van der Waals surface area contributed by atoms with E-state index in [0.29, 0.717) is 18.1 Å². The van der Waals surface area contributed by atoms with E-state index >= 15 is 0 Å². The molecular weight excluding hydrogens is 258 g/mol. The highest BCUT2D eigenvalue weighted by atomic mass is 32.2. The molecule has 0 aromatic heterocycles. The smallest absolute Gasteiger partial charge is 0.338 e. The standard InChI is InChI=1S/C15H21NO2S/c1-12(2)10-18-15(17)14-5-3-13(4-6-14)9-16-7-8-19-11-16/h3-6,12H,7-11H2,1-2H3. The van der Waals surface area contributed by atoms with Gasteiger partial charge in [0.25, 0.3) is 0 Å². The second-order valence-electron chi connectivity index (χ2n) is 5.28. The Bertz CT molecular complexity index is 411. The second-order valence-corrected chi connectivity index (χ2v) is 6.35. The molecule has 1 aliphatic rings. The van der Waals surface area contributed by atoms with Gasteiger partial charge in [0.05, 0.1) is 12.2 Å². The Morgan fingerprint density at radius 1 is 1.37 bits per heavy atom. The molecular formula is C15H21NO2S. The summed E-state index contributed by atoms with van der Waals surface area (Å²) in [4.78, 5) is 14.2. The van der Waals surface area contributed by atoms with Gasteiger partial charge in [0, 0.05) is 24.7 Å². The van der Waals surface area contributed by atoms with E-state index in [-0.39, 0.29) is 5.97 Å². The van der Waals surface area contributed by atoms with Crippen LogP contribution in [-0.2, 0) is 11.3 Å². The van der Waals surface area contributed by atoms with Crippen LogP contribution in [0, 0.1) is 5.92 Å². The molecule has 0 atom stereocenters. The number of carbonyl (C=O) groups is 1. The molecule has 1 heterocycles. The molecule has 0 saturated carbocycles. The van der Waals surface area contributed by atoms with E-state index in [2.05, 4.69) is 4.90 Å². The normalized spacial score (nSPS) is 15.9. The molecule has 0 aliphatic carbocycles. The molecule has 4 heteroatoms. The Morgan fingerprint density at radius 2 is 2.11 bits per heavy atom. The van der Waals surface area contributed by atoms with E-state index < -0.39 is 0 Å². The van der Waals surface area contributed by atoms with Gasteiger partial charge in [0.2, 0.25) is 0 Å². The van der Waals surface area contributed by atoms with E-state index in [4.69, 9.17) is 4.74 Å². The van der Waals surface area contributed by atoms with Crippen molar-refractivity contribution in [3.8, 4) is 0 Å². The van der Waals surface area contributed by atoms with Crippen molar-refractivity contribution in [2.75, 3.05) is 24.8 Å². The van der Waals surface area contributed by atoms with Crippen molar-refractivity contribution in [1.29, 1.82) is 0 Å². The summed E-state index contributed by atoms with van der Waals surface area (Å²) in [5.74, 6) is 2.48. The van der Waals surface area contributed by atoms with Crippen LogP contribution in [0.1, 0.15) is 29.8 Å². The first-order valence-corrected chi connectivity index (χ1v) is 7.87. The summed E-state index contributed by atoms with van der Waals surface area (Å²) in [7, 11) is 0. The van der Waals surface area contributed by atoms with Crippen molar-refractivity contribution in [2.45, 2.75) is 20.4 Å². The number of hydrogen-bond donors (Lipinski definition) is 0. The summed E-state index contributed by atoms with van der Waals surface area (Å²) in [6.45, 7) is 6.66. The van der Waals surface area contributed by atoms with Crippen LogP contribution in [0.4, 0.5) is 0 Å². The molecule has 1 saturated heterocycles. The molecule has 0 radical (unpaired) electrons. The largest absolute Gasteiger partial charge is 0.462 e. The maximum atomic E-state index is 11.8. The molecule has 2 rings (SSSR count). The van der Waals surface area contributed by atoms with Gasteiger partial charge in [-0.1, -0.05) is 26.0 Å². The lowest BCUT2D eigenvalue weighted by Crippen LogP contribution is -2.18. The Hall–Kier alpha value is -1.00. The maximum Gasteiger partial charge on any atom is 0.338 e.